The van der Waals surface area contributed by atoms with E-state index in [4.69, 9.17) is 0 Å². The Morgan fingerprint density at radius 2 is 1.70 bits per heavy atom. The molecule has 3 heteroatoms. The van der Waals surface area contributed by atoms with Crippen LogP contribution in [0.5, 0.6) is 0 Å². The second kappa shape index (κ2) is 8.54. The van der Waals surface area contributed by atoms with Crippen molar-refractivity contribution in [1.29, 1.82) is 0 Å². The number of amides is 1. The van der Waals surface area contributed by atoms with E-state index in [1.165, 1.54) is 5.56 Å². The van der Waals surface area contributed by atoms with Crippen molar-refractivity contribution in [3.8, 4) is 0 Å². The van der Waals surface area contributed by atoms with Gasteiger partial charge < -0.3 is 9.80 Å². The fourth-order valence-electron chi connectivity index (χ4n) is 2.07. The van der Waals surface area contributed by atoms with Gasteiger partial charge in [0.2, 0.25) is 5.91 Å². The molecule has 20 heavy (non-hydrogen) atoms. The molecular formula is C17H26N2O. The molecule has 0 aromatic heterocycles. The average Bonchev–Trinajstić information content (AvgIpc) is 2.49. The Kier molecular flexibility index (Phi) is 7.02. The van der Waals surface area contributed by atoms with E-state index in [0.29, 0.717) is 0 Å². The summed E-state index contributed by atoms with van der Waals surface area (Å²) in [5.41, 5.74) is 2.31. The van der Waals surface area contributed by atoms with Gasteiger partial charge in [-0.2, -0.15) is 0 Å². The largest absolute Gasteiger partial charge is 0.337 e. The normalized spacial score (nSPS) is 15.9. The van der Waals surface area contributed by atoms with Gasteiger partial charge in [-0.15, -0.1) is 0 Å². The van der Waals surface area contributed by atoms with Crippen molar-refractivity contribution >= 4 is 12.0 Å². The highest BCUT2D eigenvalue weighted by Gasteiger charge is 2.16. The van der Waals surface area contributed by atoms with Crippen molar-refractivity contribution in [3.63, 3.8) is 0 Å². The van der Waals surface area contributed by atoms with E-state index in [1.54, 1.807) is 6.08 Å². The molecule has 0 aliphatic carbocycles. The van der Waals surface area contributed by atoms with Crippen molar-refractivity contribution < 1.29 is 4.79 Å². The van der Waals surface area contributed by atoms with Gasteiger partial charge in [0.1, 0.15) is 0 Å². The Hall–Kier alpha value is -1.61. The minimum Gasteiger partial charge on any atom is -0.337 e. The number of nitrogens with zero attached hydrogens (tertiary/aromatic N) is 2. The third-order valence-corrected chi connectivity index (χ3v) is 3.41. The number of carbonyl (C=O) groups is 1. The van der Waals surface area contributed by atoms with Crippen molar-refractivity contribution in [2.45, 2.75) is 20.8 Å². The van der Waals surface area contributed by atoms with Gasteiger partial charge in [-0.3, -0.25) is 4.79 Å². The van der Waals surface area contributed by atoms with E-state index in [1.807, 2.05) is 43.0 Å². The molecule has 0 N–H and O–H groups in total. The molecule has 1 aliphatic heterocycles. The first-order valence-corrected chi connectivity index (χ1v) is 7.38. The topological polar surface area (TPSA) is 23.6 Å². The maximum absolute atomic E-state index is 12.0. The molecule has 2 rings (SSSR count). The molecule has 1 aliphatic rings. The summed E-state index contributed by atoms with van der Waals surface area (Å²) in [5.74, 6) is 0.117. The first-order chi connectivity index (χ1) is 9.66. The maximum atomic E-state index is 12.0. The Morgan fingerprint density at radius 1 is 1.10 bits per heavy atom. The summed E-state index contributed by atoms with van der Waals surface area (Å²) >= 11 is 0. The fraction of sp³-hybridized carbons (Fsp3) is 0.471. The summed E-state index contributed by atoms with van der Waals surface area (Å²) in [5, 5.41) is 0. The Bertz CT molecular complexity index is 446. The molecular weight excluding hydrogens is 248 g/mol. The smallest absolute Gasteiger partial charge is 0.246 e. The fourth-order valence-corrected chi connectivity index (χ4v) is 2.07. The molecule has 1 aromatic carbocycles. The summed E-state index contributed by atoms with van der Waals surface area (Å²) in [6, 6.07) is 8.09. The second-order valence-electron chi connectivity index (χ2n) is 4.82. The van der Waals surface area contributed by atoms with Gasteiger partial charge in [-0.1, -0.05) is 38.1 Å². The predicted molar refractivity (Wildman–Crippen MR) is 85.6 cm³/mol. The molecule has 1 aromatic rings. The van der Waals surface area contributed by atoms with Crippen molar-refractivity contribution in [2.75, 3.05) is 33.2 Å². The lowest BCUT2D eigenvalue weighted by Gasteiger charge is -2.31. The van der Waals surface area contributed by atoms with E-state index >= 15 is 0 Å². The number of rotatable bonds is 2. The molecule has 0 bridgehead atoms. The molecule has 0 saturated carbocycles. The van der Waals surface area contributed by atoms with Crippen LogP contribution >= 0.6 is 0 Å². The summed E-state index contributed by atoms with van der Waals surface area (Å²) in [4.78, 5) is 16.2. The minimum absolute atomic E-state index is 0.117. The molecule has 1 amide bonds. The first kappa shape index (κ1) is 16.4. The van der Waals surface area contributed by atoms with E-state index in [-0.39, 0.29) is 5.91 Å². The van der Waals surface area contributed by atoms with Gasteiger partial charge in [-0.25, -0.2) is 0 Å². The van der Waals surface area contributed by atoms with Crippen molar-refractivity contribution in [3.05, 3.63) is 41.5 Å². The monoisotopic (exact) mass is 274 g/mol. The van der Waals surface area contributed by atoms with E-state index < -0.39 is 0 Å². The van der Waals surface area contributed by atoms with Crippen LogP contribution in [-0.4, -0.2) is 48.9 Å². The van der Waals surface area contributed by atoms with Crippen LogP contribution in [0.1, 0.15) is 25.0 Å². The summed E-state index contributed by atoms with van der Waals surface area (Å²) in [6.07, 6.45) is 3.60. The maximum Gasteiger partial charge on any atom is 0.246 e. The second-order valence-corrected chi connectivity index (χ2v) is 4.82. The SMILES string of the molecule is CC.Cc1ccccc1/C=C/C(=O)N1CCN(C)CC1. The molecule has 0 radical (unpaired) electrons. The Morgan fingerprint density at radius 3 is 2.30 bits per heavy atom. The van der Waals surface area contributed by atoms with Gasteiger partial charge in [0, 0.05) is 32.3 Å². The lowest BCUT2D eigenvalue weighted by atomic mass is 10.1. The quantitative estimate of drug-likeness (QED) is 0.774. The van der Waals surface area contributed by atoms with Gasteiger partial charge in [0.15, 0.2) is 0 Å². The van der Waals surface area contributed by atoms with E-state index in [0.717, 1.165) is 31.7 Å². The third kappa shape index (κ3) is 4.82. The number of likely N-dealkylation sites (N-methyl/N-ethyl adjacent to an activating group) is 1. The predicted octanol–water partition coefficient (Wildman–Crippen LogP) is 2.81. The first-order valence-electron chi connectivity index (χ1n) is 7.38. The number of benzene rings is 1. The summed E-state index contributed by atoms with van der Waals surface area (Å²) in [6.45, 7) is 9.63. The van der Waals surface area contributed by atoms with Gasteiger partial charge >= 0.3 is 0 Å². The number of hydrogen-bond donors (Lipinski definition) is 0. The number of hydrogen-bond acceptors (Lipinski definition) is 2. The minimum atomic E-state index is 0.117. The van der Waals surface area contributed by atoms with Gasteiger partial charge in [0.05, 0.1) is 0 Å². The highest BCUT2D eigenvalue weighted by Crippen LogP contribution is 2.09. The molecule has 1 saturated heterocycles. The molecule has 0 unspecified atom stereocenters. The van der Waals surface area contributed by atoms with Gasteiger partial charge in [-0.05, 0) is 31.2 Å². The van der Waals surface area contributed by atoms with Crippen LogP contribution in [0, 0.1) is 6.92 Å². The van der Waals surface area contributed by atoms with Crippen LogP contribution in [0.4, 0.5) is 0 Å². The molecule has 3 nitrogen and oxygen atoms in total. The third-order valence-electron chi connectivity index (χ3n) is 3.41. The highest BCUT2D eigenvalue weighted by molar-refractivity contribution is 5.92. The van der Waals surface area contributed by atoms with E-state index in [9.17, 15) is 4.79 Å². The van der Waals surface area contributed by atoms with Crippen LogP contribution in [-0.2, 0) is 4.79 Å². The molecule has 110 valence electrons. The van der Waals surface area contributed by atoms with Crippen molar-refractivity contribution in [1.82, 2.24) is 9.80 Å². The lowest BCUT2D eigenvalue weighted by molar-refractivity contribution is -0.127. The van der Waals surface area contributed by atoms with Crippen LogP contribution < -0.4 is 0 Å². The van der Waals surface area contributed by atoms with Crippen LogP contribution in [0.2, 0.25) is 0 Å². The number of piperazine rings is 1. The zero-order valence-corrected chi connectivity index (χ0v) is 13.1. The zero-order valence-electron chi connectivity index (χ0n) is 13.1. The zero-order chi connectivity index (χ0) is 15.0. The van der Waals surface area contributed by atoms with E-state index in [2.05, 4.69) is 24.9 Å². The Balaban J connectivity index is 0.000000956. The molecule has 0 atom stereocenters. The standard InChI is InChI=1S/C15H20N2O.C2H6/c1-13-5-3-4-6-14(13)7-8-15(18)17-11-9-16(2)10-12-17;1-2/h3-8H,9-12H2,1-2H3;1-2H3/b8-7+;. The number of carbonyl (C=O) groups excluding carboxylic acids is 1. The van der Waals surface area contributed by atoms with Crippen LogP contribution in [0.25, 0.3) is 6.08 Å². The Labute approximate surface area is 122 Å². The lowest BCUT2D eigenvalue weighted by Crippen LogP contribution is -2.46. The highest BCUT2D eigenvalue weighted by atomic mass is 16.2. The average molecular weight is 274 g/mol. The van der Waals surface area contributed by atoms with Crippen LogP contribution in [0.3, 0.4) is 0 Å². The molecule has 1 heterocycles. The van der Waals surface area contributed by atoms with Crippen LogP contribution in [0.15, 0.2) is 30.3 Å². The van der Waals surface area contributed by atoms with Crippen molar-refractivity contribution in [2.24, 2.45) is 0 Å². The summed E-state index contributed by atoms with van der Waals surface area (Å²) < 4.78 is 0. The molecule has 1 fully saturated rings. The molecule has 0 spiro atoms. The summed E-state index contributed by atoms with van der Waals surface area (Å²) in [7, 11) is 2.09. The number of aryl methyl sites for hydroxylation is 1. The van der Waals surface area contributed by atoms with Gasteiger partial charge in [0.25, 0.3) is 0 Å².